The quantitative estimate of drug-likeness (QED) is 0.835. The first-order valence-corrected chi connectivity index (χ1v) is 6.12. The minimum atomic E-state index is -0.582. The summed E-state index contributed by atoms with van der Waals surface area (Å²) in [6, 6.07) is 4.41. The minimum absolute atomic E-state index is 0. The summed E-state index contributed by atoms with van der Waals surface area (Å²) < 4.78 is 4.65. The zero-order valence-corrected chi connectivity index (χ0v) is 12.9. The number of carbonyl (C=O) groups is 2. The van der Waals surface area contributed by atoms with Crippen LogP contribution in [-0.2, 0) is 9.53 Å². The maximum Gasteiger partial charge on any atom is 0.337 e. The Morgan fingerprint density at radius 3 is 2.40 bits per heavy atom. The van der Waals surface area contributed by atoms with Gasteiger partial charge in [-0.15, -0.1) is 12.4 Å². The molecule has 0 aliphatic heterocycles. The summed E-state index contributed by atoms with van der Waals surface area (Å²) in [6.07, 6.45) is 0. The van der Waals surface area contributed by atoms with E-state index in [1.807, 2.05) is 20.8 Å². The second-order valence-corrected chi connectivity index (χ2v) is 4.78. The zero-order valence-electron chi connectivity index (χ0n) is 12.1. The number of rotatable bonds is 4. The zero-order chi connectivity index (χ0) is 14.6. The van der Waals surface area contributed by atoms with E-state index in [0.29, 0.717) is 11.3 Å². The van der Waals surface area contributed by atoms with E-state index in [2.05, 4.69) is 10.1 Å². The fourth-order valence-corrected chi connectivity index (χ4v) is 1.52. The largest absolute Gasteiger partial charge is 0.465 e. The van der Waals surface area contributed by atoms with Crippen molar-refractivity contribution >= 4 is 30.0 Å². The molecule has 0 spiro atoms. The van der Waals surface area contributed by atoms with Crippen molar-refractivity contribution in [2.24, 2.45) is 11.7 Å². The number of nitrogens with two attached hydrogens (primary N) is 1. The molecule has 0 heterocycles. The molecule has 0 saturated heterocycles. The molecule has 5 nitrogen and oxygen atoms in total. The van der Waals surface area contributed by atoms with Crippen molar-refractivity contribution in [1.82, 2.24) is 0 Å². The van der Waals surface area contributed by atoms with Crippen LogP contribution in [0.2, 0.25) is 0 Å². The molecule has 1 amide bonds. The Balaban J connectivity index is 0.00000361. The molecule has 6 heteroatoms. The highest BCUT2D eigenvalue weighted by Crippen LogP contribution is 2.18. The van der Waals surface area contributed by atoms with E-state index >= 15 is 0 Å². The minimum Gasteiger partial charge on any atom is -0.465 e. The Bertz CT molecular complexity index is 489. The molecule has 0 fully saturated rings. The van der Waals surface area contributed by atoms with Crippen LogP contribution in [0.5, 0.6) is 0 Å². The van der Waals surface area contributed by atoms with Crippen molar-refractivity contribution in [3.05, 3.63) is 29.3 Å². The Hall–Kier alpha value is -1.59. The highest BCUT2D eigenvalue weighted by Gasteiger charge is 2.18. The van der Waals surface area contributed by atoms with Crippen LogP contribution < -0.4 is 11.1 Å². The van der Waals surface area contributed by atoms with Crippen molar-refractivity contribution in [3.63, 3.8) is 0 Å². The van der Waals surface area contributed by atoms with Crippen molar-refractivity contribution in [1.29, 1.82) is 0 Å². The number of anilines is 1. The van der Waals surface area contributed by atoms with Gasteiger partial charge in [0.15, 0.2) is 0 Å². The molecule has 0 aromatic heterocycles. The van der Waals surface area contributed by atoms with Crippen LogP contribution in [0.4, 0.5) is 5.69 Å². The van der Waals surface area contributed by atoms with Crippen molar-refractivity contribution in [2.75, 3.05) is 12.4 Å². The molecule has 0 saturated carbocycles. The first-order valence-electron chi connectivity index (χ1n) is 6.12. The van der Waals surface area contributed by atoms with Crippen LogP contribution in [0.1, 0.15) is 29.8 Å². The van der Waals surface area contributed by atoms with E-state index in [0.717, 1.165) is 5.56 Å². The molecule has 112 valence electrons. The van der Waals surface area contributed by atoms with Gasteiger partial charge in [-0.3, -0.25) is 4.79 Å². The number of hydrogen-bond donors (Lipinski definition) is 2. The van der Waals surface area contributed by atoms with Gasteiger partial charge >= 0.3 is 5.97 Å². The van der Waals surface area contributed by atoms with Crippen molar-refractivity contribution in [3.8, 4) is 0 Å². The summed E-state index contributed by atoms with van der Waals surface area (Å²) in [4.78, 5) is 23.3. The molecule has 1 aromatic carbocycles. The molecule has 0 bridgehead atoms. The van der Waals surface area contributed by atoms with E-state index in [9.17, 15) is 9.59 Å². The lowest BCUT2D eigenvalue weighted by Crippen LogP contribution is -2.39. The van der Waals surface area contributed by atoms with Crippen molar-refractivity contribution < 1.29 is 14.3 Å². The SMILES string of the molecule is COC(=O)c1ccc(C)c(NC(=O)[C@@H](N)C(C)C)c1.Cl. The smallest absolute Gasteiger partial charge is 0.337 e. The van der Waals surface area contributed by atoms with Gasteiger partial charge in [0.25, 0.3) is 0 Å². The van der Waals surface area contributed by atoms with Crippen molar-refractivity contribution in [2.45, 2.75) is 26.8 Å². The molecule has 0 aliphatic rings. The summed E-state index contributed by atoms with van der Waals surface area (Å²) in [6.45, 7) is 5.60. The highest BCUT2D eigenvalue weighted by atomic mass is 35.5. The molecular weight excluding hydrogens is 280 g/mol. The molecule has 0 radical (unpaired) electrons. The standard InChI is InChI=1S/C14H20N2O3.ClH/c1-8(2)12(15)13(17)16-11-7-10(14(18)19-4)6-5-9(11)3;/h5-8,12H,15H2,1-4H3,(H,16,17);1H/t12-;/m0./s1. The normalized spacial score (nSPS) is 11.5. The van der Waals surface area contributed by atoms with Gasteiger partial charge in [-0.05, 0) is 30.5 Å². The van der Waals surface area contributed by atoms with Gasteiger partial charge in [0, 0.05) is 5.69 Å². The number of methoxy groups -OCH3 is 1. The van der Waals surface area contributed by atoms with Gasteiger partial charge in [-0.2, -0.15) is 0 Å². The second kappa shape index (κ2) is 7.87. The van der Waals surface area contributed by atoms with Crippen LogP contribution in [0.15, 0.2) is 18.2 Å². The predicted molar refractivity (Wildman–Crippen MR) is 81.2 cm³/mol. The van der Waals surface area contributed by atoms with E-state index < -0.39 is 12.0 Å². The summed E-state index contributed by atoms with van der Waals surface area (Å²) in [7, 11) is 1.31. The first-order chi connectivity index (χ1) is 8.86. The molecule has 1 rings (SSSR count). The lowest BCUT2D eigenvalue weighted by atomic mass is 10.0. The summed E-state index contributed by atoms with van der Waals surface area (Å²) in [5.74, 6) is -0.659. The monoisotopic (exact) mass is 300 g/mol. The third-order valence-corrected chi connectivity index (χ3v) is 2.94. The Morgan fingerprint density at radius 2 is 1.90 bits per heavy atom. The number of ether oxygens (including phenoxy) is 1. The van der Waals surface area contributed by atoms with Gasteiger partial charge < -0.3 is 15.8 Å². The van der Waals surface area contributed by atoms with Crippen LogP contribution >= 0.6 is 12.4 Å². The number of aryl methyl sites for hydroxylation is 1. The Kier molecular flexibility index (Phi) is 7.24. The fraction of sp³-hybridized carbons (Fsp3) is 0.429. The van der Waals surface area contributed by atoms with E-state index in [4.69, 9.17) is 5.73 Å². The molecule has 1 aromatic rings. The highest BCUT2D eigenvalue weighted by molar-refractivity contribution is 5.97. The Morgan fingerprint density at radius 1 is 1.30 bits per heavy atom. The summed E-state index contributed by atoms with van der Waals surface area (Å²) >= 11 is 0. The second-order valence-electron chi connectivity index (χ2n) is 4.78. The maximum absolute atomic E-state index is 11.9. The number of carbonyl (C=O) groups excluding carboxylic acids is 2. The maximum atomic E-state index is 11.9. The number of hydrogen-bond acceptors (Lipinski definition) is 4. The van der Waals surface area contributed by atoms with Crippen LogP contribution in [0.25, 0.3) is 0 Å². The van der Waals surface area contributed by atoms with Gasteiger partial charge in [0.05, 0.1) is 18.7 Å². The van der Waals surface area contributed by atoms with E-state index in [1.165, 1.54) is 7.11 Å². The van der Waals surface area contributed by atoms with Gasteiger partial charge in [0.1, 0.15) is 0 Å². The Labute approximate surface area is 125 Å². The number of nitrogens with one attached hydrogen (secondary N) is 1. The molecule has 0 unspecified atom stereocenters. The first kappa shape index (κ1) is 18.4. The number of benzene rings is 1. The lowest BCUT2D eigenvalue weighted by molar-refractivity contribution is -0.118. The molecule has 20 heavy (non-hydrogen) atoms. The topological polar surface area (TPSA) is 81.4 Å². The predicted octanol–water partition coefficient (Wildman–Crippen LogP) is 2.13. The molecular formula is C14H21ClN2O3. The number of esters is 1. The fourth-order valence-electron chi connectivity index (χ4n) is 1.52. The summed E-state index contributed by atoms with van der Waals surface area (Å²) in [5, 5.41) is 2.74. The van der Waals surface area contributed by atoms with Gasteiger partial charge in [-0.25, -0.2) is 4.79 Å². The van der Waals surface area contributed by atoms with Gasteiger partial charge in [-0.1, -0.05) is 19.9 Å². The van der Waals surface area contributed by atoms with Crippen LogP contribution in [0, 0.1) is 12.8 Å². The summed E-state index contributed by atoms with van der Waals surface area (Å²) in [5.41, 5.74) is 7.60. The number of halogens is 1. The van der Waals surface area contributed by atoms with E-state index in [1.54, 1.807) is 18.2 Å². The molecule has 3 N–H and O–H groups in total. The van der Waals surface area contributed by atoms with E-state index in [-0.39, 0.29) is 24.2 Å². The third kappa shape index (κ3) is 4.51. The van der Waals surface area contributed by atoms with Crippen LogP contribution in [0.3, 0.4) is 0 Å². The third-order valence-electron chi connectivity index (χ3n) is 2.94. The average Bonchev–Trinajstić information content (AvgIpc) is 2.39. The van der Waals surface area contributed by atoms with Crippen LogP contribution in [-0.4, -0.2) is 25.0 Å². The lowest BCUT2D eigenvalue weighted by Gasteiger charge is -2.16. The molecule has 1 atom stereocenters. The molecule has 0 aliphatic carbocycles. The van der Waals surface area contributed by atoms with Gasteiger partial charge in [0.2, 0.25) is 5.91 Å². The number of amides is 1. The average molecular weight is 301 g/mol.